The highest BCUT2D eigenvalue weighted by Gasteiger charge is 2.34. The van der Waals surface area contributed by atoms with Gasteiger partial charge in [-0.3, -0.25) is 0 Å². The molecule has 0 bridgehead atoms. The van der Waals surface area contributed by atoms with E-state index in [9.17, 15) is 9.59 Å². The van der Waals surface area contributed by atoms with Crippen LogP contribution in [0.4, 0.5) is 4.79 Å². The average Bonchev–Trinajstić information content (AvgIpc) is 2.93. The van der Waals surface area contributed by atoms with Gasteiger partial charge in [0.05, 0.1) is 12.7 Å². The van der Waals surface area contributed by atoms with Crippen molar-refractivity contribution in [2.45, 2.75) is 59.0 Å². The molecule has 1 aromatic rings. The molecule has 4 rings (SSSR count). The van der Waals surface area contributed by atoms with E-state index in [1.54, 1.807) is 4.90 Å². The first kappa shape index (κ1) is 25.5. The van der Waals surface area contributed by atoms with Gasteiger partial charge in [0.15, 0.2) is 0 Å². The van der Waals surface area contributed by atoms with Crippen LogP contribution in [0, 0.1) is 5.41 Å². The second-order valence-electron chi connectivity index (χ2n) is 10.8. The van der Waals surface area contributed by atoms with Crippen LogP contribution in [0.25, 0.3) is 5.57 Å². The molecule has 1 unspecified atom stereocenters. The summed E-state index contributed by atoms with van der Waals surface area (Å²) in [5.41, 5.74) is 6.06. The van der Waals surface area contributed by atoms with E-state index < -0.39 is 5.60 Å². The van der Waals surface area contributed by atoms with Crippen LogP contribution in [-0.4, -0.2) is 42.8 Å². The predicted octanol–water partition coefficient (Wildman–Crippen LogP) is 6.99. The summed E-state index contributed by atoms with van der Waals surface area (Å²) in [6, 6.07) is 5.93. The number of aryl methyl sites for hydroxylation is 1. The number of methoxy groups -OCH3 is 1. The molecule has 0 aromatic heterocycles. The summed E-state index contributed by atoms with van der Waals surface area (Å²) < 4.78 is 11.6. The average molecular weight is 540 g/mol. The molecule has 0 N–H and O–H groups in total. The second-order valence-corrected chi connectivity index (χ2v) is 11.8. The zero-order valence-corrected chi connectivity index (χ0v) is 22.8. The molecular formula is C29H34BrNO4. The summed E-state index contributed by atoms with van der Waals surface area (Å²) in [6.45, 7) is 9.16. The molecule has 0 spiro atoms. The Morgan fingerprint density at radius 2 is 1.91 bits per heavy atom. The van der Waals surface area contributed by atoms with Crippen LogP contribution in [0.15, 0.2) is 58.1 Å². The molecule has 1 amide bonds. The van der Waals surface area contributed by atoms with Crippen LogP contribution in [0.1, 0.15) is 68.4 Å². The molecule has 1 heterocycles. The summed E-state index contributed by atoms with van der Waals surface area (Å²) in [6.07, 6.45) is 12.5. The maximum atomic E-state index is 12.2. The molecular weight excluding hydrogens is 506 g/mol. The Morgan fingerprint density at radius 3 is 2.54 bits per heavy atom. The lowest BCUT2D eigenvalue weighted by Gasteiger charge is -2.36. The number of halogens is 1. The van der Waals surface area contributed by atoms with Crippen molar-refractivity contribution in [3.63, 3.8) is 0 Å². The molecule has 0 radical (unpaired) electrons. The molecule has 5 nitrogen and oxygen atoms in total. The van der Waals surface area contributed by atoms with Gasteiger partial charge in [0.2, 0.25) is 0 Å². The number of nitrogens with zero attached hydrogens (tertiary/aromatic N) is 1. The third-order valence-corrected chi connectivity index (χ3v) is 7.49. The van der Waals surface area contributed by atoms with Crippen LogP contribution in [0.5, 0.6) is 0 Å². The van der Waals surface area contributed by atoms with E-state index >= 15 is 0 Å². The number of rotatable bonds is 3. The van der Waals surface area contributed by atoms with E-state index in [4.69, 9.17) is 9.47 Å². The van der Waals surface area contributed by atoms with Crippen molar-refractivity contribution in [1.29, 1.82) is 0 Å². The Balaban J connectivity index is 1.50. The lowest BCUT2D eigenvalue weighted by atomic mass is 9.72. The lowest BCUT2D eigenvalue weighted by Crippen LogP contribution is -2.46. The van der Waals surface area contributed by atoms with Crippen molar-refractivity contribution in [2.75, 3.05) is 20.2 Å². The Bertz CT molecular complexity index is 1160. The number of carbonyl (C=O) groups is 2. The highest BCUT2D eigenvalue weighted by atomic mass is 79.9. The number of fused-ring (bicyclic) bond motifs is 1. The quantitative estimate of drug-likeness (QED) is 0.388. The first-order valence-corrected chi connectivity index (χ1v) is 13.0. The van der Waals surface area contributed by atoms with Gasteiger partial charge in [-0.1, -0.05) is 53.2 Å². The maximum Gasteiger partial charge on any atom is 0.410 e. The minimum absolute atomic E-state index is 0.158. The fourth-order valence-electron chi connectivity index (χ4n) is 4.88. The van der Waals surface area contributed by atoms with E-state index in [-0.39, 0.29) is 17.5 Å². The van der Waals surface area contributed by atoms with E-state index in [0.29, 0.717) is 18.7 Å². The Morgan fingerprint density at radius 1 is 1.17 bits per heavy atom. The second kappa shape index (κ2) is 9.81. The van der Waals surface area contributed by atoms with Crippen LogP contribution in [0.2, 0.25) is 0 Å². The molecule has 186 valence electrons. The van der Waals surface area contributed by atoms with Crippen molar-refractivity contribution in [3.05, 3.63) is 74.8 Å². The van der Waals surface area contributed by atoms with Gasteiger partial charge in [0.1, 0.15) is 5.60 Å². The number of hydrogen-bond acceptors (Lipinski definition) is 4. The first-order chi connectivity index (χ1) is 16.5. The molecule has 1 fully saturated rings. The Kier molecular flexibility index (Phi) is 7.14. The molecule has 1 aliphatic heterocycles. The van der Waals surface area contributed by atoms with Crippen LogP contribution in [0.3, 0.4) is 0 Å². The summed E-state index contributed by atoms with van der Waals surface area (Å²) in [5.74, 6) is -0.299. The SMILES string of the molecule is COC(=O)c1ccc2c(c1)CCCC(Br)=C2C1(C)C=CC(C=C2CN(C(=O)OC(C)(C)C)C2)=CC1. The van der Waals surface area contributed by atoms with Crippen molar-refractivity contribution < 1.29 is 19.1 Å². The van der Waals surface area contributed by atoms with Crippen LogP contribution >= 0.6 is 15.9 Å². The highest BCUT2D eigenvalue weighted by Crippen LogP contribution is 2.49. The highest BCUT2D eigenvalue weighted by molar-refractivity contribution is 9.11. The summed E-state index contributed by atoms with van der Waals surface area (Å²) in [5, 5.41) is 0. The zero-order valence-electron chi connectivity index (χ0n) is 21.2. The molecule has 0 saturated carbocycles. The van der Waals surface area contributed by atoms with E-state index in [1.165, 1.54) is 39.4 Å². The standard InChI is InChI=1S/C29H34BrNO4/c1-28(2,3)35-27(33)31-17-20(18-31)15-19-11-13-29(4,14-12-19)25-23-10-9-22(26(32)34-5)16-21(23)7-6-8-24(25)30/h9-13,15-16H,6-8,14,17-18H2,1-5H3. The fourth-order valence-corrected chi connectivity index (χ4v) is 5.82. The minimum atomic E-state index is -0.476. The van der Waals surface area contributed by atoms with Gasteiger partial charge in [-0.05, 0) is 90.9 Å². The van der Waals surface area contributed by atoms with Crippen molar-refractivity contribution >= 4 is 33.6 Å². The lowest BCUT2D eigenvalue weighted by molar-refractivity contribution is 0.0214. The van der Waals surface area contributed by atoms with Gasteiger partial charge in [-0.25, -0.2) is 9.59 Å². The number of esters is 1. The normalized spacial score (nSPS) is 22.1. The molecule has 1 atom stereocenters. The summed E-state index contributed by atoms with van der Waals surface area (Å²) >= 11 is 3.90. The predicted molar refractivity (Wildman–Crippen MR) is 142 cm³/mol. The number of carbonyl (C=O) groups excluding carboxylic acids is 2. The van der Waals surface area contributed by atoms with Gasteiger partial charge in [-0.2, -0.15) is 0 Å². The van der Waals surface area contributed by atoms with Gasteiger partial charge in [0.25, 0.3) is 0 Å². The molecule has 6 heteroatoms. The van der Waals surface area contributed by atoms with Gasteiger partial charge >= 0.3 is 12.1 Å². The fraction of sp³-hybridized carbons (Fsp3) is 0.448. The summed E-state index contributed by atoms with van der Waals surface area (Å²) in [4.78, 5) is 26.0. The van der Waals surface area contributed by atoms with E-state index in [0.717, 1.165) is 25.7 Å². The van der Waals surface area contributed by atoms with Crippen LogP contribution in [-0.2, 0) is 15.9 Å². The smallest absolute Gasteiger partial charge is 0.410 e. The largest absolute Gasteiger partial charge is 0.465 e. The Hall–Kier alpha value is -2.60. The van der Waals surface area contributed by atoms with Crippen molar-refractivity contribution in [1.82, 2.24) is 4.90 Å². The van der Waals surface area contributed by atoms with Gasteiger partial charge in [-0.15, -0.1) is 0 Å². The molecule has 1 saturated heterocycles. The van der Waals surface area contributed by atoms with E-state index in [2.05, 4.69) is 53.2 Å². The zero-order chi connectivity index (χ0) is 25.4. The number of hydrogen-bond donors (Lipinski definition) is 0. The number of benzene rings is 1. The molecule has 2 aliphatic carbocycles. The van der Waals surface area contributed by atoms with Crippen molar-refractivity contribution in [2.24, 2.45) is 5.41 Å². The number of amides is 1. The Labute approximate surface area is 216 Å². The minimum Gasteiger partial charge on any atom is -0.465 e. The van der Waals surface area contributed by atoms with Gasteiger partial charge < -0.3 is 14.4 Å². The molecule has 1 aromatic carbocycles. The van der Waals surface area contributed by atoms with E-state index in [1.807, 2.05) is 32.9 Å². The summed E-state index contributed by atoms with van der Waals surface area (Å²) in [7, 11) is 1.42. The monoisotopic (exact) mass is 539 g/mol. The first-order valence-electron chi connectivity index (χ1n) is 12.2. The third-order valence-electron chi connectivity index (χ3n) is 6.70. The number of likely N-dealkylation sites (tertiary alicyclic amines) is 1. The van der Waals surface area contributed by atoms with Crippen molar-refractivity contribution in [3.8, 4) is 0 Å². The molecule has 3 aliphatic rings. The molecule has 35 heavy (non-hydrogen) atoms. The third kappa shape index (κ3) is 5.64. The van der Waals surface area contributed by atoms with Crippen LogP contribution < -0.4 is 0 Å². The topological polar surface area (TPSA) is 55.8 Å². The van der Waals surface area contributed by atoms with Gasteiger partial charge in [0, 0.05) is 18.5 Å². The maximum absolute atomic E-state index is 12.2. The number of ether oxygens (including phenoxy) is 2. The number of allylic oxidation sites excluding steroid dienone is 7.